The lowest BCUT2D eigenvalue weighted by Crippen LogP contribution is -2.30. The molecule has 0 radical (unpaired) electrons. The molecule has 0 heterocycles. The highest BCUT2D eigenvalue weighted by molar-refractivity contribution is 5.29. The van der Waals surface area contributed by atoms with Crippen LogP contribution in [0.2, 0.25) is 0 Å². The van der Waals surface area contributed by atoms with E-state index in [2.05, 4.69) is 13.8 Å². The molecule has 2 unspecified atom stereocenters. The van der Waals surface area contributed by atoms with E-state index in [9.17, 15) is 8.78 Å². The summed E-state index contributed by atoms with van der Waals surface area (Å²) in [5, 5.41) is 0. The Bertz CT molecular complexity index is 454. The van der Waals surface area contributed by atoms with Gasteiger partial charge in [0.15, 0.2) is 0 Å². The highest BCUT2D eigenvalue weighted by Gasteiger charge is 2.39. The second-order valence-corrected chi connectivity index (χ2v) is 6.14. The van der Waals surface area contributed by atoms with Crippen LogP contribution in [0.4, 0.5) is 8.78 Å². The van der Waals surface area contributed by atoms with Gasteiger partial charge in [-0.25, -0.2) is 8.78 Å². The second kappa shape index (κ2) is 4.61. The average molecular weight is 253 g/mol. The van der Waals surface area contributed by atoms with Gasteiger partial charge in [0.1, 0.15) is 11.6 Å². The molecule has 0 aliphatic heterocycles. The molecule has 1 saturated carbocycles. The zero-order valence-corrected chi connectivity index (χ0v) is 11.3. The number of rotatable bonds is 2. The third kappa shape index (κ3) is 2.28. The van der Waals surface area contributed by atoms with Gasteiger partial charge >= 0.3 is 0 Å². The van der Waals surface area contributed by atoms with Crippen molar-refractivity contribution in [1.82, 2.24) is 0 Å². The molecule has 1 aromatic carbocycles. The summed E-state index contributed by atoms with van der Waals surface area (Å²) in [4.78, 5) is 0. The monoisotopic (exact) mass is 253 g/mol. The second-order valence-electron chi connectivity index (χ2n) is 6.14. The van der Waals surface area contributed by atoms with E-state index < -0.39 is 11.6 Å². The van der Waals surface area contributed by atoms with Crippen molar-refractivity contribution in [2.45, 2.75) is 46.1 Å². The molecule has 1 fully saturated rings. The van der Waals surface area contributed by atoms with Crippen molar-refractivity contribution in [2.75, 3.05) is 0 Å². The Labute approximate surface area is 107 Å². The Morgan fingerprint density at radius 1 is 1.28 bits per heavy atom. The fraction of sp³-hybridized carbons (Fsp3) is 0.600. The van der Waals surface area contributed by atoms with Crippen molar-refractivity contribution in [3.8, 4) is 0 Å². The molecule has 0 spiro atoms. The number of aryl methyl sites for hydroxylation is 1. The van der Waals surface area contributed by atoms with Gasteiger partial charge in [-0.05, 0) is 42.7 Å². The van der Waals surface area contributed by atoms with E-state index in [4.69, 9.17) is 5.73 Å². The fourth-order valence-electron chi connectivity index (χ4n) is 3.17. The molecule has 2 atom stereocenters. The van der Waals surface area contributed by atoms with Crippen molar-refractivity contribution >= 4 is 0 Å². The first-order valence-electron chi connectivity index (χ1n) is 6.54. The highest BCUT2D eigenvalue weighted by Crippen LogP contribution is 2.48. The predicted molar refractivity (Wildman–Crippen MR) is 69.1 cm³/mol. The molecule has 2 N–H and O–H groups in total. The Kier molecular flexibility index (Phi) is 3.45. The van der Waals surface area contributed by atoms with Crippen LogP contribution in [0, 0.1) is 29.9 Å². The zero-order valence-electron chi connectivity index (χ0n) is 11.3. The van der Waals surface area contributed by atoms with Gasteiger partial charge in [0, 0.05) is 17.7 Å². The van der Waals surface area contributed by atoms with Gasteiger partial charge in [0.25, 0.3) is 0 Å². The normalized spacial score (nSPS) is 24.2. The quantitative estimate of drug-likeness (QED) is 0.843. The van der Waals surface area contributed by atoms with Gasteiger partial charge in [0.2, 0.25) is 0 Å². The van der Waals surface area contributed by atoms with E-state index >= 15 is 0 Å². The van der Waals surface area contributed by atoms with Crippen LogP contribution in [0.25, 0.3) is 0 Å². The number of hydrogen-bond donors (Lipinski definition) is 1. The van der Waals surface area contributed by atoms with Gasteiger partial charge < -0.3 is 5.73 Å². The predicted octanol–water partition coefficient (Wildman–Crippen LogP) is 4.10. The van der Waals surface area contributed by atoms with E-state index in [1.807, 2.05) is 0 Å². The maximum atomic E-state index is 13.9. The van der Waals surface area contributed by atoms with Gasteiger partial charge in [0.05, 0.1) is 0 Å². The third-order valence-electron chi connectivity index (χ3n) is 4.41. The minimum atomic E-state index is -0.520. The highest BCUT2D eigenvalue weighted by atomic mass is 19.1. The van der Waals surface area contributed by atoms with E-state index in [-0.39, 0.29) is 17.4 Å². The average Bonchev–Trinajstić information content (AvgIpc) is 2.62. The Morgan fingerprint density at radius 3 is 2.50 bits per heavy atom. The Morgan fingerprint density at radius 2 is 1.94 bits per heavy atom. The third-order valence-corrected chi connectivity index (χ3v) is 4.41. The maximum absolute atomic E-state index is 13.9. The Hall–Kier alpha value is -0.960. The molecular weight excluding hydrogens is 232 g/mol. The van der Waals surface area contributed by atoms with E-state index in [1.165, 1.54) is 0 Å². The summed E-state index contributed by atoms with van der Waals surface area (Å²) in [6, 6.07) is 2.16. The number of benzene rings is 1. The molecule has 1 aromatic rings. The van der Waals surface area contributed by atoms with Crippen molar-refractivity contribution in [3.05, 3.63) is 34.9 Å². The first kappa shape index (κ1) is 13.5. The van der Waals surface area contributed by atoms with Crippen LogP contribution in [0.15, 0.2) is 12.1 Å². The van der Waals surface area contributed by atoms with Gasteiger partial charge in [-0.2, -0.15) is 0 Å². The van der Waals surface area contributed by atoms with Crippen LogP contribution in [0.3, 0.4) is 0 Å². The smallest absolute Gasteiger partial charge is 0.130 e. The van der Waals surface area contributed by atoms with Crippen molar-refractivity contribution in [2.24, 2.45) is 17.1 Å². The lowest BCUT2D eigenvalue weighted by atomic mass is 9.75. The molecular formula is C15H21F2N. The van der Waals surface area contributed by atoms with Crippen molar-refractivity contribution in [3.63, 3.8) is 0 Å². The standard InChI is InChI=1S/C15H21F2N/c1-9-7-10(13(17)8-12(9)16)14(18)11-5-4-6-15(11,2)3/h7-8,11,14H,4-6,18H2,1-3H3. The molecule has 1 aliphatic rings. The largest absolute Gasteiger partial charge is 0.324 e. The number of halogens is 2. The van der Waals surface area contributed by atoms with Crippen LogP contribution in [-0.2, 0) is 0 Å². The first-order chi connectivity index (χ1) is 8.33. The molecule has 0 bridgehead atoms. The van der Waals surface area contributed by atoms with Crippen molar-refractivity contribution in [1.29, 1.82) is 0 Å². The summed E-state index contributed by atoms with van der Waals surface area (Å²) in [7, 11) is 0. The molecule has 1 aliphatic carbocycles. The summed E-state index contributed by atoms with van der Waals surface area (Å²) in [5.74, 6) is -0.765. The molecule has 0 saturated heterocycles. The van der Waals surface area contributed by atoms with Gasteiger partial charge in [-0.3, -0.25) is 0 Å². The molecule has 100 valence electrons. The van der Waals surface area contributed by atoms with E-state index in [0.717, 1.165) is 25.3 Å². The van der Waals surface area contributed by atoms with Crippen molar-refractivity contribution < 1.29 is 8.78 Å². The maximum Gasteiger partial charge on any atom is 0.130 e. The van der Waals surface area contributed by atoms with E-state index in [1.54, 1.807) is 13.0 Å². The summed E-state index contributed by atoms with van der Waals surface area (Å²) in [5.41, 5.74) is 7.28. The summed E-state index contributed by atoms with van der Waals surface area (Å²) in [6.45, 7) is 6.00. The summed E-state index contributed by atoms with van der Waals surface area (Å²) in [6.07, 6.45) is 3.27. The molecule has 1 nitrogen and oxygen atoms in total. The molecule has 18 heavy (non-hydrogen) atoms. The molecule has 3 heteroatoms. The zero-order chi connectivity index (χ0) is 13.5. The first-order valence-corrected chi connectivity index (χ1v) is 6.54. The topological polar surface area (TPSA) is 26.0 Å². The molecule has 2 rings (SSSR count). The minimum Gasteiger partial charge on any atom is -0.324 e. The fourth-order valence-corrected chi connectivity index (χ4v) is 3.17. The number of hydrogen-bond acceptors (Lipinski definition) is 1. The van der Waals surface area contributed by atoms with Crippen LogP contribution >= 0.6 is 0 Å². The summed E-state index contributed by atoms with van der Waals surface area (Å²) >= 11 is 0. The van der Waals surface area contributed by atoms with E-state index in [0.29, 0.717) is 11.1 Å². The minimum absolute atomic E-state index is 0.133. The van der Waals surface area contributed by atoms with Crippen LogP contribution in [-0.4, -0.2) is 0 Å². The lowest BCUT2D eigenvalue weighted by molar-refractivity contribution is 0.219. The van der Waals surface area contributed by atoms with Gasteiger partial charge in [-0.1, -0.05) is 20.3 Å². The van der Waals surface area contributed by atoms with Crippen LogP contribution in [0.5, 0.6) is 0 Å². The van der Waals surface area contributed by atoms with Crippen LogP contribution in [0.1, 0.15) is 50.3 Å². The lowest BCUT2D eigenvalue weighted by Gasteiger charge is -2.32. The molecule has 0 aromatic heterocycles. The number of nitrogens with two attached hydrogens (primary N) is 1. The Balaban J connectivity index is 2.34. The van der Waals surface area contributed by atoms with Crippen LogP contribution < -0.4 is 5.73 Å². The van der Waals surface area contributed by atoms with Gasteiger partial charge in [-0.15, -0.1) is 0 Å². The molecule has 0 amide bonds. The SMILES string of the molecule is Cc1cc(C(N)C2CCCC2(C)C)c(F)cc1F. The summed E-state index contributed by atoms with van der Waals surface area (Å²) < 4.78 is 27.1.